The summed E-state index contributed by atoms with van der Waals surface area (Å²) in [4.78, 5) is 26.9. The van der Waals surface area contributed by atoms with Gasteiger partial charge in [0.2, 0.25) is 11.6 Å². The van der Waals surface area contributed by atoms with Gasteiger partial charge in [0.05, 0.1) is 36.5 Å². The monoisotopic (exact) mass is 392 g/mol. The zero-order valence-corrected chi connectivity index (χ0v) is 17.5. The van der Waals surface area contributed by atoms with Gasteiger partial charge in [-0.3, -0.25) is 9.59 Å². The lowest BCUT2D eigenvalue weighted by Gasteiger charge is -2.11. The van der Waals surface area contributed by atoms with Crippen molar-refractivity contribution in [2.75, 3.05) is 14.2 Å². The van der Waals surface area contributed by atoms with Crippen LogP contribution in [0.5, 0.6) is 11.5 Å². The molecular formula is C24H24O5. The molecule has 150 valence electrons. The van der Waals surface area contributed by atoms with E-state index in [9.17, 15) is 9.59 Å². The summed E-state index contributed by atoms with van der Waals surface area (Å²) in [6, 6.07) is 10.7. The fraction of sp³-hybridized carbons (Fsp3) is 0.250. The van der Waals surface area contributed by atoms with Crippen molar-refractivity contribution >= 4 is 11.6 Å². The third-order valence-electron chi connectivity index (χ3n) is 4.91. The lowest BCUT2D eigenvalue weighted by Crippen LogP contribution is -2.13. The zero-order chi connectivity index (χ0) is 21.3. The summed E-state index contributed by atoms with van der Waals surface area (Å²) in [6.07, 6.45) is 0. The highest BCUT2D eigenvalue weighted by atomic mass is 16.5. The summed E-state index contributed by atoms with van der Waals surface area (Å²) in [7, 11) is 3.02. The van der Waals surface area contributed by atoms with Crippen LogP contribution in [0.4, 0.5) is 0 Å². The maximum Gasteiger partial charge on any atom is 0.201 e. The number of ketones is 2. The average molecular weight is 392 g/mol. The fourth-order valence-electron chi connectivity index (χ4n) is 3.50. The first-order valence-corrected chi connectivity index (χ1v) is 9.27. The van der Waals surface area contributed by atoms with Crippen molar-refractivity contribution in [2.45, 2.75) is 27.7 Å². The van der Waals surface area contributed by atoms with Gasteiger partial charge in [0, 0.05) is 0 Å². The van der Waals surface area contributed by atoms with Crippen molar-refractivity contribution in [3.63, 3.8) is 0 Å². The number of hydrogen-bond acceptors (Lipinski definition) is 5. The number of carbonyl (C=O) groups excluding carboxylic acids is 2. The number of rotatable bonds is 6. The average Bonchev–Trinajstić information content (AvgIpc) is 3.00. The molecule has 0 saturated carbocycles. The first kappa shape index (κ1) is 20.4. The van der Waals surface area contributed by atoms with Crippen LogP contribution in [-0.4, -0.2) is 25.8 Å². The molecule has 0 saturated heterocycles. The molecule has 0 atom stereocenters. The number of aryl methyl sites for hydroxylation is 4. The van der Waals surface area contributed by atoms with Crippen molar-refractivity contribution in [2.24, 2.45) is 0 Å². The molecule has 29 heavy (non-hydrogen) atoms. The molecule has 5 heteroatoms. The van der Waals surface area contributed by atoms with Gasteiger partial charge < -0.3 is 13.9 Å². The summed E-state index contributed by atoms with van der Waals surface area (Å²) >= 11 is 0. The van der Waals surface area contributed by atoms with Gasteiger partial charge in [-0.05, 0) is 52.0 Å². The van der Waals surface area contributed by atoms with E-state index < -0.39 is 0 Å². The lowest BCUT2D eigenvalue weighted by atomic mass is 9.92. The summed E-state index contributed by atoms with van der Waals surface area (Å²) in [6.45, 7) is 7.17. The van der Waals surface area contributed by atoms with E-state index in [1.807, 2.05) is 26.0 Å². The Kier molecular flexibility index (Phi) is 5.59. The molecule has 3 rings (SSSR count). The first-order valence-electron chi connectivity index (χ1n) is 9.27. The Labute approximate surface area is 170 Å². The van der Waals surface area contributed by atoms with E-state index in [0.717, 1.165) is 11.1 Å². The van der Waals surface area contributed by atoms with E-state index in [0.29, 0.717) is 34.1 Å². The number of ether oxygens (including phenoxy) is 2. The molecule has 0 bridgehead atoms. The summed E-state index contributed by atoms with van der Waals surface area (Å²) in [5.74, 6) is 1.07. The normalized spacial score (nSPS) is 10.7. The molecule has 0 N–H and O–H groups in total. The van der Waals surface area contributed by atoms with E-state index in [4.69, 9.17) is 13.9 Å². The van der Waals surface area contributed by atoms with Gasteiger partial charge in [0.15, 0.2) is 0 Å². The Bertz CT molecular complexity index is 1020. The molecule has 1 heterocycles. The van der Waals surface area contributed by atoms with Gasteiger partial charge in [-0.25, -0.2) is 0 Å². The smallest absolute Gasteiger partial charge is 0.201 e. The number of furan rings is 1. The van der Waals surface area contributed by atoms with Crippen LogP contribution in [0.25, 0.3) is 0 Å². The Morgan fingerprint density at radius 2 is 1.07 bits per heavy atom. The molecule has 0 aliphatic rings. The standard InChI is InChI=1S/C24H24O5/c1-13-7-9-19(27-5)17(11-13)23(25)21-15(3)29-16(4)22(21)24(26)18-12-14(2)8-10-20(18)28-6/h7-12H,1-6H3. The maximum absolute atomic E-state index is 13.5. The minimum absolute atomic E-state index is 0.250. The molecule has 0 amide bonds. The van der Waals surface area contributed by atoms with Crippen LogP contribution in [0.1, 0.15) is 54.5 Å². The second-order valence-electron chi connectivity index (χ2n) is 7.03. The number of hydrogen-bond donors (Lipinski definition) is 0. The minimum Gasteiger partial charge on any atom is -0.496 e. The van der Waals surface area contributed by atoms with Gasteiger partial charge in [0.1, 0.15) is 23.0 Å². The predicted molar refractivity (Wildman–Crippen MR) is 111 cm³/mol. The Hall–Kier alpha value is -3.34. The first-order chi connectivity index (χ1) is 13.8. The molecule has 0 unspecified atom stereocenters. The van der Waals surface area contributed by atoms with Crippen molar-refractivity contribution in [1.82, 2.24) is 0 Å². The van der Waals surface area contributed by atoms with Crippen LogP contribution in [0.2, 0.25) is 0 Å². The molecule has 0 aliphatic heterocycles. The van der Waals surface area contributed by atoms with Crippen LogP contribution in [-0.2, 0) is 0 Å². The van der Waals surface area contributed by atoms with Crippen molar-refractivity contribution in [3.8, 4) is 11.5 Å². The van der Waals surface area contributed by atoms with E-state index >= 15 is 0 Å². The van der Waals surface area contributed by atoms with Gasteiger partial charge in [-0.15, -0.1) is 0 Å². The molecule has 1 aromatic heterocycles. The largest absolute Gasteiger partial charge is 0.496 e. The Morgan fingerprint density at radius 3 is 1.41 bits per heavy atom. The fourth-order valence-corrected chi connectivity index (χ4v) is 3.50. The molecule has 0 spiro atoms. The number of carbonyl (C=O) groups is 2. The predicted octanol–water partition coefficient (Wildman–Crippen LogP) is 4.99. The topological polar surface area (TPSA) is 65.7 Å². The summed E-state index contributed by atoms with van der Waals surface area (Å²) < 4.78 is 16.5. The van der Waals surface area contributed by atoms with Crippen molar-refractivity contribution in [1.29, 1.82) is 0 Å². The maximum atomic E-state index is 13.5. The van der Waals surface area contributed by atoms with Crippen molar-refractivity contribution < 1.29 is 23.5 Å². The number of benzene rings is 2. The highest BCUT2D eigenvalue weighted by molar-refractivity contribution is 6.22. The van der Waals surface area contributed by atoms with Crippen LogP contribution in [0.3, 0.4) is 0 Å². The van der Waals surface area contributed by atoms with Gasteiger partial charge in [0.25, 0.3) is 0 Å². The molecule has 0 radical (unpaired) electrons. The Balaban J connectivity index is 2.20. The van der Waals surface area contributed by atoms with Gasteiger partial charge in [-0.1, -0.05) is 23.3 Å². The molecular weight excluding hydrogens is 368 g/mol. The quantitative estimate of drug-likeness (QED) is 0.553. The van der Waals surface area contributed by atoms with E-state index in [1.165, 1.54) is 14.2 Å². The van der Waals surface area contributed by atoms with E-state index in [2.05, 4.69) is 0 Å². The highest BCUT2D eigenvalue weighted by Gasteiger charge is 2.30. The van der Waals surface area contributed by atoms with E-state index in [1.54, 1.807) is 38.1 Å². The minimum atomic E-state index is -0.310. The van der Waals surface area contributed by atoms with E-state index in [-0.39, 0.29) is 22.7 Å². The second kappa shape index (κ2) is 7.95. The van der Waals surface area contributed by atoms with Gasteiger partial charge in [-0.2, -0.15) is 0 Å². The lowest BCUT2D eigenvalue weighted by molar-refractivity contribution is 0.1000. The molecule has 0 aliphatic carbocycles. The SMILES string of the molecule is COc1ccc(C)cc1C(=O)c1c(C)oc(C)c1C(=O)c1cc(C)ccc1OC. The summed E-state index contributed by atoms with van der Waals surface area (Å²) in [5.41, 5.74) is 3.11. The molecule has 3 aromatic rings. The van der Waals surface area contributed by atoms with Gasteiger partial charge >= 0.3 is 0 Å². The second-order valence-corrected chi connectivity index (χ2v) is 7.03. The molecule has 5 nitrogen and oxygen atoms in total. The third kappa shape index (κ3) is 3.68. The zero-order valence-electron chi connectivity index (χ0n) is 17.5. The van der Waals surface area contributed by atoms with Crippen LogP contribution in [0.15, 0.2) is 40.8 Å². The van der Waals surface area contributed by atoms with Crippen LogP contribution < -0.4 is 9.47 Å². The Morgan fingerprint density at radius 1 is 0.690 bits per heavy atom. The molecule has 2 aromatic carbocycles. The summed E-state index contributed by atoms with van der Waals surface area (Å²) in [5, 5.41) is 0. The van der Waals surface area contributed by atoms with Crippen LogP contribution in [0, 0.1) is 27.7 Å². The van der Waals surface area contributed by atoms with Crippen LogP contribution >= 0.6 is 0 Å². The third-order valence-corrected chi connectivity index (χ3v) is 4.91. The molecule has 0 fully saturated rings. The highest BCUT2D eigenvalue weighted by Crippen LogP contribution is 2.32. The number of methoxy groups -OCH3 is 2. The van der Waals surface area contributed by atoms with Crippen molar-refractivity contribution in [3.05, 3.63) is 81.3 Å².